The molecule has 63 heavy (non-hydrogen) atoms. The SMILES string of the molecule is COC(=O)C(c1nc2ccc(C)cc2[n+]([O-])n1)c1cc([C@@H]2O[C@H](COCc3ccccc3)[C@@H](OCc3ccccc3)[C@H](OCc3ccccc3)[C@H]2OCc2ccccc2)ccc1Cl. The van der Waals surface area contributed by atoms with Gasteiger partial charge < -0.3 is 33.6 Å². The van der Waals surface area contributed by atoms with Crippen LogP contribution in [-0.4, -0.2) is 54.2 Å². The van der Waals surface area contributed by atoms with Crippen molar-refractivity contribution in [1.29, 1.82) is 0 Å². The van der Waals surface area contributed by atoms with Gasteiger partial charge in [-0.2, -0.15) is 0 Å². The number of ether oxygens (including phenoxy) is 6. The fourth-order valence-electron chi connectivity index (χ4n) is 7.80. The molecule has 6 aromatic carbocycles. The molecule has 1 saturated heterocycles. The van der Waals surface area contributed by atoms with E-state index in [1.165, 1.54) is 7.11 Å². The summed E-state index contributed by atoms with van der Waals surface area (Å²) >= 11 is 6.98. The molecule has 0 aliphatic carbocycles. The summed E-state index contributed by atoms with van der Waals surface area (Å²) in [5, 5.41) is 17.8. The summed E-state index contributed by atoms with van der Waals surface area (Å²) in [6.07, 6.45) is -3.62. The Kier molecular flexibility index (Phi) is 14.4. The molecule has 1 aliphatic rings. The average Bonchev–Trinajstić information content (AvgIpc) is 3.32. The van der Waals surface area contributed by atoms with Crippen molar-refractivity contribution >= 4 is 28.6 Å². The molecule has 2 heterocycles. The zero-order valence-corrected chi connectivity index (χ0v) is 35.8. The third kappa shape index (κ3) is 10.8. The first-order chi connectivity index (χ1) is 30.8. The van der Waals surface area contributed by atoms with Crippen molar-refractivity contribution in [2.45, 2.75) is 69.8 Å². The molecule has 0 saturated carbocycles. The molecule has 11 nitrogen and oxygen atoms in total. The highest BCUT2D eigenvalue weighted by atomic mass is 35.5. The first-order valence-electron chi connectivity index (χ1n) is 20.8. The van der Waals surface area contributed by atoms with Crippen LogP contribution < -0.4 is 4.85 Å². The van der Waals surface area contributed by atoms with E-state index < -0.39 is 42.4 Å². The average molecular weight is 866 g/mol. The second-order valence-electron chi connectivity index (χ2n) is 15.5. The minimum absolute atomic E-state index is 0.0701. The van der Waals surface area contributed by atoms with Crippen molar-refractivity contribution in [2.75, 3.05) is 13.7 Å². The molecule has 322 valence electrons. The number of hydrogen-bond donors (Lipinski definition) is 0. The maximum Gasteiger partial charge on any atom is 0.321 e. The van der Waals surface area contributed by atoms with Crippen molar-refractivity contribution in [2.24, 2.45) is 0 Å². The summed E-state index contributed by atoms with van der Waals surface area (Å²) in [5.74, 6) is -2.04. The van der Waals surface area contributed by atoms with Gasteiger partial charge in [0, 0.05) is 16.2 Å². The molecule has 8 rings (SSSR count). The van der Waals surface area contributed by atoms with Crippen LogP contribution in [0.2, 0.25) is 5.02 Å². The van der Waals surface area contributed by atoms with Crippen LogP contribution in [0.1, 0.15) is 56.8 Å². The van der Waals surface area contributed by atoms with Gasteiger partial charge in [0.05, 0.1) is 40.1 Å². The summed E-state index contributed by atoms with van der Waals surface area (Å²) in [7, 11) is 1.27. The van der Waals surface area contributed by atoms with Gasteiger partial charge in [-0.05, 0) is 62.8 Å². The number of methoxy groups -OCH3 is 1. The maximum atomic E-state index is 13.8. The predicted molar refractivity (Wildman–Crippen MR) is 237 cm³/mol. The Morgan fingerprint density at radius 3 is 1.81 bits per heavy atom. The molecule has 0 bridgehead atoms. The first kappa shape index (κ1) is 43.6. The second-order valence-corrected chi connectivity index (χ2v) is 15.9. The van der Waals surface area contributed by atoms with Crippen LogP contribution in [0.15, 0.2) is 158 Å². The Hall–Kier alpha value is -6.05. The highest BCUT2D eigenvalue weighted by molar-refractivity contribution is 6.31. The number of benzene rings is 6. The highest BCUT2D eigenvalue weighted by Gasteiger charge is 2.49. The highest BCUT2D eigenvalue weighted by Crippen LogP contribution is 2.41. The Labute approximate surface area is 371 Å². The Morgan fingerprint density at radius 2 is 1.24 bits per heavy atom. The lowest BCUT2D eigenvalue weighted by Crippen LogP contribution is -2.58. The van der Waals surface area contributed by atoms with E-state index in [-0.39, 0.29) is 42.8 Å². The summed E-state index contributed by atoms with van der Waals surface area (Å²) in [5.41, 5.74) is 6.34. The second kappa shape index (κ2) is 20.9. The van der Waals surface area contributed by atoms with Crippen molar-refractivity contribution in [3.63, 3.8) is 0 Å². The van der Waals surface area contributed by atoms with Crippen LogP contribution in [0.25, 0.3) is 11.0 Å². The molecule has 0 N–H and O–H groups in total. The van der Waals surface area contributed by atoms with Crippen molar-refractivity contribution in [3.05, 3.63) is 213 Å². The van der Waals surface area contributed by atoms with Crippen molar-refractivity contribution < 1.29 is 38.1 Å². The van der Waals surface area contributed by atoms with E-state index in [0.717, 1.165) is 27.8 Å². The number of aromatic nitrogens is 3. The lowest BCUT2D eigenvalue weighted by Gasteiger charge is -2.46. The minimum atomic E-state index is -1.27. The van der Waals surface area contributed by atoms with Gasteiger partial charge in [-0.15, -0.1) is 0 Å². The third-order valence-corrected chi connectivity index (χ3v) is 11.3. The lowest BCUT2D eigenvalue weighted by molar-refractivity contribution is -0.644. The van der Waals surface area contributed by atoms with Crippen LogP contribution in [-0.2, 0) is 59.6 Å². The molecular weight excluding hydrogens is 818 g/mol. The van der Waals surface area contributed by atoms with Crippen LogP contribution in [0.4, 0.5) is 0 Å². The normalized spacial score (nSPS) is 19.1. The minimum Gasteiger partial charge on any atom is -0.594 e. The molecule has 7 aromatic rings. The van der Waals surface area contributed by atoms with E-state index in [4.69, 9.17) is 40.0 Å². The van der Waals surface area contributed by atoms with E-state index in [9.17, 15) is 10.0 Å². The van der Waals surface area contributed by atoms with E-state index >= 15 is 0 Å². The van der Waals surface area contributed by atoms with Gasteiger partial charge in [0.15, 0.2) is 0 Å². The smallest absolute Gasteiger partial charge is 0.321 e. The quantitative estimate of drug-likeness (QED) is 0.0498. The summed E-state index contributed by atoms with van der Waals surface area (Å²) in [4.78, 5) is 18.9. The topological polar surface area (TPSA) is 125 Å². The van der Waals surface area contributed by atoms with Gasteiger partial charge >= 0.3 is 5.97 Å². The van der Waals surface area contributed by atoms with Gasteiger partial charge in [-0.3, -0.25) is 4.79 Å². The number of rotatable bonds is 17. The summed E-state index contributed by atoms with van der Waals surface area (Å²) in [6.45, 7) is 3.14. The molecule has 1 unspecified atom stereocenters. The molecule has 6 atom stereocenters. The van der Waals surface area contributed by atoms with E-state index in [2.05, 4.69) is 10.1 Å². The Balaban J connectivity index is 1.22. The first-order valence-corrected chi connectivity index (χ1v) is 21.2. The molecule has 1 aliphatic heterocycles. The van der Waals surface area contributed by atoms with E-state index in [0.29, 0.717) is 28.1 Å². The van der Waals surface area contributed by atoms with Crippen LogP contribution in [0, 0.1) is 12.1 Å². The number of carbonyl (C=O) groups is 1. The Bertz CT molecular complexity index is 2570. The van der Waals surface area contributed by atoms with Crippen LogP contribution >= 0.6 is 11.6 Å². The monoisotopic (exact) mass is 865 g/mol. The zero-order chi connectivity index (χ0) is 43.5. The number of aryl methyl sites for hydroxylation is 1. The number of hydrogen-bond acceptors (Lipinski definition) is 10. The number of fused-ring (bicyclic) bond motifs is 1. The maximum absolute atomic E-state index is 13.8. The van der Waals surface area contributed by atoms with Gasteiger partial charge in [-0.1, -0.05) is 151 Å². The summed E-state index contributed by atoms with van der Waals surface area (Å²) < 4.78 is 39.6. The molecule has 0 spiro atoms. The zero-order valence-electron chi connectivity index (χ0n) is 35.0. The number of esters is 1. The standard InChI is InChI=1S/C51H48ClN3O8/c1-34-23-26-42-43(27-34)55(57)54-50(53-42)45(51(56)58-2)40-28-39(24-25-41(40)52)46-48(61-31-37-19-11-5-12-20-37)49(62-32-38-21-13-6-14-22-38)47(60-30-36-17-9-4-10-18-36)44(63-46)33-59-29-35-15-7-3-8-16-35/h3-28,44-49H,29-33H2,1-2H3/t44-,45?,46+,47-,48+,49+/m1/s1. The third-order valence-electron chi connectivity index (χ3n) is 11.0. The van der Waals surface area contributed by atoms with Gasteiger partial charge in [0.2, 0.25) is 5.82 Å². The molecule has 12 heteroatoms. The van der Waals surface area contributed by atoms with Crippen molar-refractivity contribution in [3.8, 4) is 0 Å². The van der Waals surface area contributed by atoms with Crippen LogP contribution in [0.3, 0.4) is 0 Å². The predicted octanol–water partition coefficient (Wildman–Crippen LogP) is 8.94. The summed E-state index contributed by atoms with van der Waals surface area (Å²) in [6, 6.07) is 50.2. The van der Waals surface area contributed by atoms with Crippen molar-refractivity contribution in [1.82, 2.24) is 10.1 Å². The molecule has 0 amide bonds. The molecular formula is C51H48ClN3O8. The molecule has 0 radical (unpaired) electrons. The molecule has 1 fully saturated rings. The van der Waals surface area contributed by atoms with Crippen LogP contribution in [0.5, 0.6) is 0 Å². The largest absolute Gasteiger partial charge is 0.594 e. The van der Waals surface area contributed by atoms with Gasteiger partial charge in [-0.25, -0.2) is 4.98 Å². The molecule has 1 aromatic heterocycles. The Morgan fingerprint density at radius 1 is 0.698 bits per heavy atom. The fraction of sp³-hybridized carbons (Fsp3) is 0.255. The number of halogens is 1. The fourth-order valence-corrected chi connectivity index (χ4v) is 8.03. The lowest BCUT2D eigenvalue weighted by atomic mass is 9.88. The number of nitrogens with zero attached hydrogens (tertiary/aromatic N) is 3. The van der Waals surface area contributed by atoms with E-state index in [1.54, 1.807) is 24.3 Å². The van der Waals surface area contributed by atoms with Gasteiger partial charge in [0.1, 0.15) is 42.0 Å². The van der Waals surface area contributed by atoms with E-state index in [1.807, 2.05) is 140 Å². The number of carbonyl (C=O) groups excluding carboxylic acids is 1. The van der Waals surface area contributed by atoms with Gasteiger partial charge in [0.25, 0.3) is 5.52 Å².